The van der Waals surface area contributed by atoms with Gasteiger partial charge < -0.3 is 13.8 Å². The number of rotatable bonds is 5. The Labute approximate surface area is 194 Å². The zero-order valence-electron chi connectivity index (χ0n) is 19.4. The molecule has 0 atom stereocenters. The van der Waals surface area contributed by atoms with E-state index in [0.29, 0.717) is 33.4 Å². The third-order valence-electron chi connectivity index (χ3n) is 5.96. The second kappa shape index (κ2) is 7.86. The smallest absolute Gasteiger partial charge is 0.331 e. The molecule has 9 heteroatoms. The monoisotopic (exact) mass is 463 g/mol. The standard InChI is InChI=1S/C25H23F2N5O2/c1-13(2)32-23-17-10-21(33-5)18(22-14(3)31-34-15(22)4)9-19(17)29-12-20(23)30-24(32)25(26,27)16-7-6-8-28-11-16/h6-13H,1-5H3. The Morgan fingerprint density at radius 2 is 1.91 bits per heavy atom. The molecule has 0 bridgehead atoms. The van der Waals surface area contributed by atoms with Crippen molar-refractivity contribution in [3.8, 4) is 16.9 Å². The fourth-order valence-corrected chi connectivity index (χ4v) is 4.44. The Morgan fingerprint density at radius 3 is 2.53 bits per heavy atom. The lowest BCUT2D eigenvalue weighted by atomic mass is 10.0. The molecule has 0 spiro atoms. The van der Waals surface area contributed by atoms with Crippen LogP contribution in [0.3, 0.4) is 0 Å². The van der Waals surface area contributed by atoms with Crippen LogP contribution in [0.1, 0.15) is 42.7 Å². The van der Waals surface area contributed by atoms with Crippen LogP contribution in [-0.4, -0.2) is 31.8 Å². The van der Waals surface area contributed by atoms with Gasteiger partial charge in [-0.3, -0.25) is 9.97 Å². The third-order valence-corrected chi connectivity index (χ3v) is 5.96. The summed E-state index contributed by atoms with van der Waals surface area (Å²) in [6.07, 6.45) is 4.16. The molecule has 0 radical (unpaired) electrons. The van der Waals surface area contributed by atoms with Crippen molar-refractivity contribution in [2.45, 2.75) is 39.7 Å². The topological polar surface area (TPSA) is 78.9 Å². The third kappa shape index (κ3) is 3.22. The number of benzene rings is 1. The Bertz CT molecular complexity index is 1500. The highest BCUT2D eigenvalue weighted by Crippen LogP contribution is 2.42. The van der Waals surface area contributed by atoms with Crippen LogP contribution < -0.4 is 4.74 Å². The Balaban J connectivity index is 1.83. The SMILES string of the molecule is COc1cc2c(cc1-c1c(C)noc1C)ncc1nc(C(F)(F)c3cccnc3)n(C(C)C)c12. The van der Waals surface area contributed by atoms with Crippen LogP contribution in [0.25, 0.3) is 33.1 Å². The number of hydrogen-bond acceptors (Lipinski definition) is 6. The lowest BCUT2D eigenvalue weighted by Gasteiger charge is -2.21. The van der Waals surface area contributed by atoms with E-state index in [0.717, 1.165) is 16.8 Å². The molecule has 4 heterocycles. The minimum absolute atomic E-state index is 0.220. The number of nitrogens with zero attached hydrogens (tertiary/aromatic N) is 5. The summed E-state index contributed by atoms with van der Waals surface area (Å²) in [6, 6.07) is 6.24. The molecule has 0 aliphatic heterocycles. The molecule has 0 fully saturated rings. The lowest BCUT2D eigenvalue weighted by molar-refractivity contribution is 0.0281. The highest BCUT2D eigenvalue weighted by molar-refractivity contribution is 6.05. The van der Waals surface area contributed by atoms with E-state index >= 15 is 8.78 Å². The van der Waals surface area contributed by atoms with Crippen molar-refractivity contribution >= 4 is 21.9 Å². The van der Waals surface area contributed by atoms with Crippen molar-refractivity contribution in [3.05, 3.63) is 65.7 Å². The Morgan fingerprint density at radius 1 is 1.12 bits per heavy atom. The molecule has 0 amide bonds. The number of methoxy groups -OCH3 is 1. The predicted octanol–water partition coefficient (Wildman–Crippen LogP) is 5.98. The van der Waals surface area contributed by atoms with E-state index < -0.39 is 5.92 Å². The summed E-state index contributed by atoms with van der Waals surface area (Å²) in [5.41, 5.74) is 3.68. The van der Waals surface area contributed by atoms with Gasteiger partial charge in [0.15, 0.2) is 5.82 Å². The zero-order valence-corrected chi connectivity index (χ0v) is 19.4. The fraction of sp³-hybridized carbons (Fsp3) is 0.280. The predicted molar refractivity (Wildman–Crippen MR) is 124 cm³/mol. The number of imidazole rings is 1. The molecular formula is C25H23F2N5O2. The largest absolute Gasteiger partial charge is 0.496 e. The van der Waals surface area contributed by atoms with E-state index in [-0.39, 0.29) is 17.4 Å². The number of aryl methyl sites for hydroxylation is 2. The molecule has 34 heavy (non-hydrogen) atoms. The summed E-state index contributed by atoms with van der Waals surface area (Å²) in [4.78, 5) is 12.8. The summed E-state index contributed by atoms with van der Waals surface area (Å²) >= 11 is 0. The van der Waals surface area contributed by atoms with Gasteiger partial charge in [0.25, 0.3) is 0 Å². The molecule has 5 rings (SSSR count). The molecule has 7 nitrogen and oxygen atoms in total. The first-order valence-electron chi connectivity index (χ1n) is 10.8. The van der Waals surface area contributed by atoms with E-state index in [1.807, 2.05) is 39.8 Å². The van der Waals surface area contributed by atoms with Gasteiger partial charge in [0.05, 0.1) is 35.6 Å². The van der Waals surface area contributed by atoms with Crippen LogP contribution in [-0.2, 0) is 5.92 Å². The summed E-state index contributed by atoms with van der Waals surface area (Å²) in [5.74, 6) is -2.48. The van der Waals surface area contributed by atoms with E-state index in [2.05, 4.69) is 20.1 Å². The molecule has 0 unspecified atom stereocenters. The van der Waals surface area contributed by atoms with E-state index in [1.54, 1.807) is 11.7 Å². The van der Waals surface area contributed by atoms with E-state index in [1.165, 1.54) is 30.7 Å². The van der Waals surface area contributed by atoms with Crippen molar-refractivity contribution in [3.63, 3.8) is 0 Å². The summed E-state index contributed by atoms with van der Waals surface area (Å²) in [7, 11) is 1.57. The molecule has 1 aromatic carbocycles. The van der Waals surface area contributed by atoms with Gasteiger partial charge in [0.2, 0.25) is 0 Å². The fourth-order valence-electron chi connectivity index (χ4n) is 4.44. The average Bonchev–Trinajstić information content (AvgIpc) is 3.39. The molecule has 0 saturated heterocycles. The van der Waals surface area contributed by atoms with Crippen LogP contribution in [0, 0.1) is 13.8 Å². The van der Waals surface area contributed by atoms with Gasteiger partial charge >= 0.3 is 5.92 Å². The van der Waals surface area contributed by atoms with Crippen molar-refractivity contribution in [2.75, 3.05) is 7.11 Å². The normalized spacial score (nSPS) is 12.2. The van der Waals surface area contributed by atoms with Gasteiger partial charge in [0.1, 0.15) is 17.0 Å². The van der Waals surface area contributed by atoms with Crippen molar-refractivity contribution in [2.24, 2.45) is 0 Å². The molecule has 174 valence electrons. The van der Waals surface area contributed by atoms with Crippen LogP contribution in [0.2, 0.25) is 0 Å². The second-order valence-corrected chi connectivity index (χ2v) is 8.48. The number of pyridine rings is 2. The maximum absolute atomic E-state index is 15.6. The van der Waals surface area contributed by atoms with E-state index in [9.17, 15) is 0 Å². The number of fused-ring (bicyclic) bond motifs is 3. The van der Waals surface area contributed by atoms with E-state index in [4.69, 9.17) is 9.26 Å². The lowest BCUT2D eigenvalue weighted by Crippen LogP contribution is -2.22. The van der Waals surface area contributed by atoms with Gasteiger partial charge in [0, 0.05) is 34.9 Å². The minimum atomic E-state index is -3.34. The van der Waals surface area contributed by atoms with Crippen LogP contribution in [0.5, 0.6) is 5.75 Å². The Kier molecular flexibility index (Phi) is 5.07. The number of hydrogen-bond donors (Lipinski definition) is 0. The number of halogens is 2. The first-order valence-corrected chi connectivity index (χ1v) is 10.8. The molecule has 0 aliphatic carbocycles. The highest BCUT2D eigenvalue weighted by atomic mass is 19.3. The summed E-state index contributed by atoms with van der Waals surface area (Å²) in [6.45, 7) is 7.39. The van der Waals surface area contributed by atoms with Gasteiger partial charge in [-0.05, 0) is 52.0 Å². The zero-order chi connectivity index (χ0) is 24.2. The molecule has 4 aromatic heterocycles. The summed E-state index contributed by atoms with van der Waals surface area (Å²) in [5, 5.41) is 4.71. The van der Waals surface area contributed by atoms with Crippen molar-refractivity contribution < 1.29 is 18.0 Å². The maximum atomic E-state index is 15.6. The molecular weight excluding hydrogens is 440 g/mol. The van der Waals surface area contributed by atoms with Crippen molar-refractivity contribution in [1.82, 2.24) is 24.7 Å². The number of ether oxygens (including phenoxy) is 1. The first-order chi connectivity index (χ1) is 16.2. The van der Waals surface area contributed by atoms with Gasteiger partial charge in [-0.15, -0.1) is 0 Å². The minimum Gasteiger partial charge on any atom is -0.496 e. The van der Waals surface area contributed by atoms with Crippen molar-refractivity contribution in [1.29, 1.82) is 0 Å². The van der Waals surface area contributed by atoms with Crippen LogP contribution >= 0.6 is 0 Å². The molecule has 0 aliphatic rings. The number of aromatic nitrogens is 5. The maximum Gasteiger partial charge on any atom is 0.331 e. The first kappa shape index (κ1) is 21.9. The summed E-state index contributed by atoms with van der Waals surface area (Å²) < 4.78 is 43.9. The quantitative estimate of drug-likeness (QED) is 0.319. The Hall–Kier alpha value is -3.88. The van der Waals surface area contributed by atoms with Gasteiger partial charge in [-0.25, -0.2) is 4.98 Å². The highest BCUT2D eigenvalue weighted by Gasteiger charge is 2.41. The molecule has 5 aromatic rings. The van der Waals surface area contributed by atoms with Gasteiger partial charge in [-0.1, -0.05) is 5.16 Å². The number of alkyl halides is 2. The van der Waals surface area contributed by atoms with Crippen LogP contribution in [0.15, 0.2) is 47.4 Å². The molecule has 0 N–H and O–H groups in total. The average molecular weight is 463 g/mol. The van der Waals surface area contributed by atoms with Gasteiger partial charge in [-0.2, -0.15) is 8.78 Å². The molecule has 0 saturated carbocycles. The van der Waals surface area contributed by atoms with Crippen LogP contribution in [0.4, 0.5) is 8.78 Å². The second-order valence-electron chi connectivity index (χ2n) is 8.48.